The fourth-order valence-corrected chi connectivity index (χ4v) is 3.26. The van der Waals surface area contributed by atoms with Crippen LogP contribution in [0.15, 0.2) is 18.2 Å². The standard InChI is InChI=1S/C17H25NO/c1-17(2)9-6-13(7-10-17)12-19-15-5-3-4-14-8-11-18-16(14)15/h3-5,13,18H,6-12H2,1-2H3. The van der Waals surface area contributed by atoms with Crippen molar-refractivity contribution in [3.05, 3.63) is 23.8 Å². The van der Waals surface area contributed by atoms with Gasteiger partial charge in [-0.15, -0.1) is 0 Å². The Labute approximate surface area is 116 Å². The van der Waals surface area contributed by atoms with Crippen LogP contribution in [0, 0.1) is 11.3 Å². The number of anilines is 1. The first-order chi connectivity index (χ1) is 9.14. The largest absolute Gasteiger partial charge is 0.491 e. The van der Waals surface area contributed by atoms with Gasteiger partial charge in [0.2, 0.25) is 0 Å². The predicted molar refractivity (Wildman–Crippen MR) is 79.9 cm³/mol. The molecule has 19 heavy (non-hydrogen) atoms. The Morgan fingerprint density at radius 2 is 2.05 bits per heavy atom. The number of benzene rings is 1. The summed E-state index contributed by atoms with van der Waals surface area (Å²) in [6, 6.07) is 6.42. The lowest BCUT2D eigenvalue weighted by Gasteiger charge is -2.34. The fraction of sp³-hybridized carbons (Fsp3) is 0.647. The Morgan fingerprint density at radius 1 is 1.26 bits per heavy atom. The molecule has 1 saturated carbocycles. The first kappa shape index (κ1) is 12.8. The maximum atomic E-state index is 6.09. The van der Waals surface area contributed by atoms with Gasteiger partial charge in [-0.25, -0.2) is 0 Å². The molecule has 0 amide bonds. The maximum Gasteiger partial charge on any atom is 0.142 e. The highest BCUT2D eigenvalue weighted by atomic mass is 16.5. The quantitative estimate of drug-likeness (QED) is 0.876. The zero-order valence-corrected chi connectivity index (χ0v) is 12.2. The molecule has 1 aromatic rings. The molecule has 1 aromatic carbocycles. The van der Waals surface area contributed by atoms with Crippen LogP contribution >= 0.6 is 0 Å². The molecule has 2 heteroatoms. The smallest absolute Gasteiger partial charge is 0.142 e. The van der Waals surface area contributed by atoms with Crippen LogP contribution < -0.4 is 10.1 Å². The Bertz CT molecular complexity index is 443. The highest BCUT2D eigenvalue weighted by Gasteiger charge is 2.27. The lowest BCUT2D eigenvalue weighted by atomic mass is 9.73. The highest BCUT2D eigenvalue weighted by molar-refractivity contribution is 5.65. The van der Waals surface area contributed by atoms with E-state index in [0.29, 0.717) is 5.41 Å². The minimum atomic E-state index is 0.548. The van der Waals surface area contributed by atoms with Gasteiger partial charge in [-0.1, -0.05) is 26.0 Å². The Morgan fingerprint density at radius 3 is 2.84 bits per heavy atom. The number of para-hydroxylation sites is 1. The van der Waals surface area contributed by atoms with E-state index < -0.39 is 0 Å². The van der Waals surface area contributed by atoms with Crippen molar-refractivity contribution < 1.29 is 4.74 Å². The molecular weight excluding hydrogens is 234 g/mol. The molecule has 3 rings (SSSR count). The number of ether oxygens (including phenoxy) is 1. The van der Waals surface area contributed by atoms with Crippen molar-refractivity contribution in [1.29, 1.82) is 0 Å². The van der Waals surface area contributed by atoms with Crippen molar-refractivity contribution in [2.45, 2.75) is 46.0 Å². The second-order valence-corrected chi connectivity index (χ2v) is 6.89. The fourth-order valence-electron chi connectivity index (χ4n) is 3.26. The molecule has 1 N–H and O–H groups in total. The minimum absolute atomic E-state index is 0.548. The van der Waals surface area contributed by atoms with Crippen LogP contribution in [-0.4, -0.2) is 13.2 Å². The van der Waals surface area contributed by atoms with Gasteiger partial charge < -0.3 is 10.1 Å². The van der Waals surface area contributed by atoms with Gasteiger partial charge in [0.25, 0.3) is 0 Å². The molecule has 0 bridgehead atoms. The summed E-state index contributed by atoms with van der Waals surface area (Å²) in [6.45, 7) is 6.71. The third-order valence-corrected chi connectivity index (χ3v) is 4.74. The van der Waals surface area contributed by atoms with Gasteiger partial charge in [-0.3, -0.25) is 0 Å². The van der Waals surface area contributed by atoms with Crippen LogP contribution in [0.4, 0.5) is 5.69 Å². The Hall–Kier alpha value is -1.18. The molecule has 2 nitrogen and oxygen atoms in total. The summed E-state index contributed by atoms with van der Waals surface area (Å²) in [5.74, 6) is 1.80. The summed E-state index contributed by atoms with van der Waals surface area (Å²) < 4.78 is 6.09. The third-order valence-electron chi connectivity index (χ3n) is 4.74. The second kappa shape index (κ2) is 5.07. The van der Waals surface area contributed by atoms with Crippen molar-refractivity contribution in [2.24, 2.45) is 11.3 Å². The van der Waals surface area contributed by atoms with Gasteiger partial charge in [0.1, 0.15) is 5.75 Å². The Balaban J connectivity index is 1.57. The first-order valence-electron chi connectivity index (χ1n) is 7.63. The Kier molecular flexibility index (Phi) is 3.42. The van der Waals surface area contributed by atoms with E-state index in [-0.39, 0.29) is 0 Å². The first-order valence-corrected chi connectivity index (χ1v) is 7.63. The molecular formula is C17H25NO. The summed E-state index contributed by atoms with van der Waals surface area (Å²) >= 11 is 0. The van der Waals surface area contributed by atoms with Gasteiger partial charge in [0, 0.05) is 6.54 Å². The average molecular weight is 259 g/mol. The van der Waals surface area contributed by atoms with Crippen molar-refractivity contribution in [3.8, 4) is 5.75 Å². The van der Waals surface area contributed by atoms with Crippen molar-refractivity contribution >= 4 is 5.69 Å². The van der Waals surface area contributed by atoms with Gasteiger partial charge in [0.05, 0.1) is 12.3 Å². The van der Waals surface area contributed by atoms with Crippen molar-refractivity contribution in [2.75, 3.05) is 18.5 Å². The van der Waals surface area contributed by atoms with Gasteiger partial charge in [-0.05, 0) is 55.1 Å². The van der Waals surface area contributed by atoms with Crippen LogP contribution in [-0.2, 0) is 6.42 Å². The number of rotatable bonds is 3. The number of nitrogens with one attached hydrogen (secondary N) is 1. The molecule has 1 heterocycles. The van der Waals surface area contributed by atoms with E-state index >= 15 is 0 Å². The van der Waals surface area contributed by atoms with E-state index in [9.17, 15) is 0 Å². The van der Waals surface area contributed by atoms with Crippen LogP contribution in [0.3, 0.4) is 0 Å². The van der Waals surface area contributed by atoms with Crippen LogP contribution in [0.2, 0.25) is 0 Å². The molecule has 0 unspecified atom stereocenters. The normalized spacial score (nSPS) is 21.8. The molecule has 0 radical (unpaired) electrons. The topological polar surface area (TPSA) is 21.3 Å². The highest BCUT2D eigenvalue weighted by Crippen LogP contribution is 2.39. The second-order valence-electron chi connectivity index (χ2n) is 6.89. The summed E-state index contributed by atoms with van der Waals surface area (Å²) in [7, 11) is 0. The van der Waals surface area contributed by atoms with E-state index in [1.54, 1.807) is 0 Å². The van der Waals surface area contributed by atoms with Crippen LogP contribution in [0.1, 0.15) is 45.1 Å². The summed E-state index contributed by atoms with van der Waals surface area (Å²) in [5.41, 5.74) is 3.19. The predicted octanol–water partition coefficient (Wildman–Crippen LogP) is 4.25. The van der Waals surface area contributed by atoms with Crippen molar-refractivity contribution in [3.63, 3.8) is 0 Å². The summed E-state index contributed by atoms with van der Waals surface area (Å²) in [4.78, 5) is 0. The average Bonchev–Trinajstić information content (AvgIpc) is 2.86. The number of fused-ring (bicyclic) bond motifs is 1. The van der Waals surface area contributed by atoms with Gasteiger partial charge >= 0.3 is 0 Å². The maximum absolute atomic E-state index is 6.09. The van der Waals surface area contributed by atoms with E-state index in [1.807, 2.05) is 0 Å². The lowest BCUT2D eigenvalue weighted by molar-refractivity contribution is 0.143. The SMILES string of the molecule is CC1(C)CCC(COc2cccc3c2NCC3)CC1. The zero-order chi connectivity index (χ0) is 13.3. The number of hydrogen-bond acceptors (Lipinski definition) is 2. The molecule has 0 saturated heterocycles. The zero-order valence-electron chi connectivity index (χ0n) is 12.2. The van der Waals surface area contributed by atoms with E-state index in [4.69, 9.17) is 4.74 Å². The monoisotopic (exact) mass is 259 g/mol. The summed E-state index contributed by atoms with van der Waals surface area (Å²) in [5, 5.41) is 3.44. The molecule has 1 aliphatic carbocycles. The number of hydrogen-bond donors (Lipinski definition) is 1. The van der Waals surface area contributed by atoms with Crippen molar-refractivity contribution in [1.82, 2.24) is 0 Å². The van der Waals surface area contributed by atoms with E-state index in [0.717, 1.165) is 31.2 Å². The van der Waals surface area contributed by atoms with Crippen LogP contribution in [0.25, 0.3) is 0 Å². The van der Waals surface area contributed by atoms with E-state index in [2.05, 4.69) is 37.4 Å². The van der Waals surface area contributed by atoms with Gasteiger partial charge in [-0.2, -0.15) is 0 Å². The molecule has 104 valence electrons. The minimum Gasteiger partial charge on any atom is -0.491 e. The van der Waals surface area contributed by atoms with E-state index in [1.165, 1.54) is 36.9 Å². The molecule has 0 aromatic heterocycles. The molecule has 1 aliphatic heterocycles. The molecule has 0 atom stereocenters. The molecule has 0 spiro atoms. The molecule has 2 aliphatic rings. The lowest BCUT2D eigenvalue weighted by Crippen LogP contribution is -2.24. The van der Waals surface area contributed by atoms with Crippen LogP contribution in [0.5, 0.6) is 5.75 Å². The molecule has 1 fully saturated rings. The third kappa shape index (κ3) is 2.88. The summed E-state index contributed by atoms with van der Waals surface area (Å²) in [6.07, 6.45) is 6.44. The van der Waals surface area contributed by atoms with Gasteiger partial charge in [0.15, 0.2) is 0 Å².